The fourth-order valence-electron chi connectivity index (χ4n) is 9.96. The van der Waals surface area contributed by atoms with Gasteiger partial charge in [-0.15, -0.1) is 0 Å². The summed E-state index contributed by atoms with van der Waals surface area (Å²) in [4.78, 5) is 172. The average Bonchev–Trinajstić information content (AvgIpc) is 0.886. The average molecular weight is 1410 g/mol. The molecule has 0 aliphatic heterocycles. The second-order valence-electron chi connectivity index (χ2n) is 24.0. The van der Waals surface area contributed by atoms with E-state index in [1.54, 1.807) is 30.3 Å². The number of carbonyl (C=O) groups is 12. The van der Waals surface area contributed by atoms with Gasteiger partial charge >= 0.3 is 0 Å². The van der Waals surface area contributed by atoms with Crippen LogP contribution >= 0.6 is 0 Å². The van der Waals surface area contributed by atoms with Gasteiger partial charge < -0.3 is 109 Å². The number of aliphatic hydroxyl groups is 2. The summed E-state index contributed by atoms with van der Waals surface area (Å²) in [7, 11) is 0. The predicted molar refractivity (Wildman–Crippen MR) is 375 cm³/mol. The molecule has 0 aromatic heterocycles. The number of hydrogen-bond acceptors (Lipinski definition) is 19. The molecule has 3 aromatic carbocycles. The lowest BCUT2D eigenvalue weighted by Gasteiger charge is -2.26. The zero-order chi connectivity index (χ0) is 74.8. The molecule has 27 N–H and O–H groups in total. The van der Waals surface area contributed by atoms with Gasteiger partial charge in [0, 0.05) is 32.6 Å². The summed E-state index contributed by atoms with van der Waals surface area (Å²) in [6.07, 6.45) is 0.172. The molecular formula is C66H103N21O14. The van der Waals surface area contributed by atoms with Gasteiger partial charge in [0.25, 0.3) is 0 Å². The van der Waals surface area contributed by atoms with Crippen molar-refractivity contribution in [1.82, 2.24) is 63.4 Å². The standard InChI is InChI=1S/C66H103N21O14/c1-40(78-52(90)35-77-64(101)55(42(3)89)86-62(99)50(33-43-19-7-4-8-20-43)80-53(91)34-76-54(92)38-87(36-44-21-9-5-10-22-44)37-45-23-11-6-12-24-45)57(94)82-49(28-18-32-75-66(72)73)60(97)84-47(26-14-16-30-68)61(98)85-51(39-88)63(100)79-41(2)58(95)83-48(27-17-31-74-65(70)71)59(96)81-46(56(69)93)25-13-15-29-67/h4-12,19-24,40-42,46-51,55,88-89H,13-18,25-39,67-68H2,1-3H3,(H2,69,93)(H,76,92)(H,77,101)(H,78,90)(H,79,100)(H,80,91)(H,81,96)(H,82,94)(H,83,95)(H,84,97)(H,85,98)(H,86,99)(H4,70,71,74)(H4,72,73,75)/t40-,41-,42+,46-,47-,48-,49-,50-,51-,55-/m0/s1. The van der Waals surface area contributed by atoms with Crippen molar-refractivity contribution in [3.8, 4) is 0 Å². The summed E-state index contributed by atoms with van der Waals surface area (Å²) in [5.74, 6) is -10.9. The SMILES string of the molecule is C[C@H](NC(=O)CNC(=O)[C@@H](NC(=O)[C@H](Cc1ccccc1)NC(=O)CNC(=O)CN(Cc1ccccc1)Cc1ccccc1)[C@@H](C)O)C(=O)N[C@@H](CCCN=C(N)N)C(=O)N[C@@H](CCCCN)C(=O)N[C@@H](CO)C(=O)N[C@@H](C)C(=O)N[C@@H](CCCN=C(N)N)C(=O)N[C@@H](CCCCN)C(N)=O. The maximum Gasteiger partial charge on any atom is 0.245 e. The zero-order valence-corrected chi connectivity index (χ0v) is 57.5. The number of nitrogens with two attached hydrogens (primary N) is 7. The summed E-state index contributed by atoms with van der Waals surface area (Å²) in [5, 5.41) is 48.4. The molecule has 3 aromatic rings. The number of aliphatic hydroxyl groups excluding tert-OH is 2. The molecule has 0 aliphatic rings. The Morgan fingerprint density at radius 3 is 1.25 bits per heavy atom. The molecule has 35 heteroatoms. The zero-order valence-electron chi connectivity index (χ0n) is 57.5. The number of benzene rings is 3. The number of guanidine groups is 2. The van der Waals surface area contributed by atoms with Gasteiger partial charge in [0.05, 0.1) is 32.3 Å². The molecule has 0 unspecified atom stereocenters. The molecule has 0 aliphatic carbocycles. The quantitative estimate of drug-likeness (QED) is 0.0142. The van der Waals surface area contributed by atoms with Crippen LogP contribution in [0.2, 0.25) is 0 Å². The van der Waals surface area contributed by atoms with E-state index in [2.05, 4.69) is 68.5 Å². The molecule has 0 radical (unpaired) electrons. The fraction of sp³-hybridized carbons (Fsp3) is 0.515. The van der Waals surface area contributed by atoms with Crippen LogP contribution in [0.5, 0.6) is 0 Å². The Morgan fingerprint density at radius 1 is 0.416 bits per heavy atom. The third-order valence-corrected chi connectivity index (χ3v) is 15.4. The van der Waals surface area contributed by atoms with E-state index in [1.165, 1.54) is 20.8 Å². The van der Waals surface area contributed by atoms with Crippen LogP contribution in [-0.2, 0) is 77.0 Å². The number of hydrogen-bond donors (Lipinski definition) is 20. The largest absolute Gasteiger partial charge is 0.394 e. The van der Waals surface area contributed by atoms with Gasteiger partial charge in [-0.2, -0.15) is 0 Å². The molecular weight excluding hydrogens is 1310 g/mol. The monoisotopic (exact) mass is 1410 g/mol. The highest BCUT2D eigenvalue weighted by atomic mass is 16.3. The van der Waals surface area contributed by atoms with Crippen LogP contribution < -0.4 is 98.6 Å². The van der Waals surface area contributed by atoms with Crippen LogP contribution in [0.25, 0.3) is 0 Å². The van der Waals surface area contributed by atoms with Gasteiger partial charge in [0.15, 0.2) is 11.9 Å². The predicted octanol–water partition coefficient (Wildman–Crippen LogP) is -6.21. The van der Waals surface area contributed by atoms with Gasteiger partial charge in [-0.3, -0.25) is 72.4 Å². The number of primary amides is 1. The van der Waals surface area contributed by atoms with Crippen molar-refractivity contribution in [1.29, 1.82) is 0 Å². The van der Waals surface area contributed by atoms with E-state index in [4.69, 9.17) is 40.1 Å². The van der Waals surface area contributed by atoms with Crippen LogP contribution in [0.1, 0.15) is 102 Å². The summed E-state index contributed by atoms with van der Waals surface area (Å²) in [5.41, 5.74) is 41.3. The molecule has 12 amide bonds. The van der Waals surface area contributed by atoms with Gasteiger partial charge in [-0.05, 0) is 115 Å². The molecule has 0 saturated carbocycles. The van der Waals surface area contributed by atoms with Crippen molar-refractivity contribution in [2.75, 3.05) is 52.4 Å². The number of amides is 12. The second kappa shape index (κ2) is 46.8. The molecule has 0 saturated heterocycles. The summed E-state index contributed by atoms with van der Waals surface area (Å²) >= 11 is 0. The number of aliphatic imine (C=N–C) groups is 2. The third kappa shape index (κ3) is 34.3. The Hall–Kier alpha value is -10.4. The Labute approximate surface area is 587 Å². The molecule has 35 nitrogen and oxygen atoms in total. The molecule has 0 spiro atoms. The highest BCUT2D eigenvalue weighted by Gasteiger charge is 2.34. The van der Waals surface area contributed by atoms with Gasteiger partial charge in [-0.25, -0.2) is 0 Å². The summed E-state index contributed by atoms with van der Waals surface area (Å²) < 4.78 is 0. The highest BCUT2D eigenvalue weighted by molar-refractivity contribution is 5.99. The molecule has 0 heterocycles. The maximum atomic E-state index is 14.2. The Balaban J connectivity index is 1.69. The van der Waals surface area contributed by atoms with E-state index in [1.807, 2.05) is 65.6 Å². The minimum Gasteiger partial charge on any atom is -0.394 e. The van der Waals surface area contributed by atoms with Crippen molar-refractivity contribution in [3.05, 3.63) is 108 Å². The Morgan fingerprint density at radius 2 is 0.802 bits per heavy atom. The smallest absolute Gasteiger partial charge is 0.245 e. The number of nitrogens with one attached hydrogen (secondary N) is 11. The number of rotatable bonds is 48. The topological polar surface area (TPSA) is 588 Å². The first-order valence-corrected chi connectivity index (χ1v) is 33.3. The van der Waals surface area contributed by atoms with Gasteiger partial charge in [0.2, 0.25) is 70.9 Å². The molecule has 0 fully saturated rings. The molecule has 101 heavy (non-hydrogen) atoms. The Bertz CT molecular complexity index is 3160. The summed E-state index contributed by atoms with van der Waals surface area (Å²) in [6, 6.07) is 14.8. The summed E-state index contributed by atoms with van der Waals surface area (Å²) in [6.45, 7) is 2.78. The highest BCUT2D eigenvalue weighted by Crippen LogP contribution is 2.12. The normalized spacial score (nSPS) is 13.9. The lowest BCUT2D eigenvalue weighted by molar-refractivity contribution is -0.136. The lowest BCUT2D eigenvalue weighted by Crippen LogP contribution is -2.60. The van der Waals surface area contributed by atoms with Crippen molar-refractivity contribution < 1.29 is 67.7 Å². The van der Waals surface area contributed by atoms with E-state index in [0.717, 1.165) is 11.1 Å². The van der Waals surface area contributed by atoms with Crippen LogP contribution in [0.3, 0.4) is 0 Å². The van der Waals surface area contributed by atoms with Crippen LogP contribution in [-0.4, -0.2) is 211 Å². The Kier molecular flexibility index (Phi) is 39.3. The van der Waals surface area contributed by atoms with Crippen LogP contribution in [0.4, 0.5) is 0 Å². The molecule has 10 atom stereocenters. The van der Waals surface area contributed by atoms with Crippen molar-refractivity contribution in [2.24, 2.45) is 50.1 Å². The first-order chi connectivity index (χ1) is 48.1. The first kappa shape index (κ1) is 84.9. The maximum absolute atomic E-state index is 14.2. The van der Waals surface area contributed by atoms with E-state index in [-0.39, 0.29) is 89.5 Å². The minimum atomic E-state index is -1.72. The van der Waals surface area contributed by atoms with Gasteiger partial charge in [0.1, 0.15) is 54.4 Å². The van der Waals surface area contributed by atoms with E-state index >= 15 is 0 Å². The number of carbonyl (C=O) groups excluding carboxylic acids is 12. The number of unbranched alkanes of at least 4 members (excludes halogenated alkanes) is 2. The van der Waals surface area contributed by atoms with Crippen molar-refractivity contribution >= 4 is 82.8 Å². The van der Waals surface area contributed by atoms with Crippen molar-refractivity contribution in [2.45, 2.75) is 165 Å². The minimum absolute atomic E-state index is 0.0157. The van der Waals surface area contributed by atoms with E-state index in [9.17, 15) is 67.7 Å². The van der Waals surface area contributed by atoms with E-state index in [0.29, 0.717) is 44.5 Å². The lowest BCUT2D eigenvalue weighted by atomic mass is 10.0. The van der Waals surface area contributed by atoms with E-state index < -0.39 is 151 Å². The molecule has 3 rings (SSSR count). The van der Waals surface area contributed by atoms with Crippen LogP contribution in [0, 0.1) is 0 Å². The fourth-order valence-corrected chi connectivity index (χ4v) is 9.96. The number of nitrogens with zero attached hydrogens (tertiary/aromatic N) is 3. The first-order valence-electron chi connectivity index (χ1n) is 33.3. The molecule has 556 valence electrons. The van der Waals surface area contributed by atoms with Crippen LogP contribution in [0.15, 0.2) is 101 Å². The third-order valence-electron chi connectivity index (χ3n) is 15.4. The molecule has 0 bridgehead atoms. The second-order valence-corrected chi connectivity index (χ2v) is 24.0. The van der Waals surface area contributed by atoms with Crippen molar-refractivity contribution in [3.63, 3.8) is 0 Å². The van der Waals surface area contributed by atoms with Gasteiger partial charge in [-0.1, -0.05) is 91.0 Å².